The van der Waals surface area contributed by atoms with Gasteiger partial charge in [-0.05, 0) is 48.4 Å². The highest BCUT2D eigenvalue weighted by molar-refractivity contribution is 7.99. The minimum absolute atomic E-state index is 0.256. The van der Waals surface area contributed by atoms with E-state index in [4.69, 9.17) is 11.6 Å². The third-order valence-corrected chi connectivity index (χ3v) is 4.05. The van der Waals surface area contributed by atoms with Crippen LogP contribution in [0.4, 0.5) is 4.39 Å². The molecular weight excluding hydrogens is 283 g/mol. The van der Waals surface area contributed by atoms with E-state index < -0.39 is 6.10 Å². The zero-order valence-corrected chi connectivity index (χ0v) is 11.8. The van der Waals surface area contributed by atoms with Crippen LogP contribution in [0.25, 0.3) is 0 Å². The van der Waals surface area contributed by atoms with Gasteiger partial charge in [-0.3, -0.25) is 0 Å². The zero-order chi connectivity index (χ0) is 13.7. The van der Waals surface area contributed by atoms with Gasteiger partial charge in [-0.1, -0.05) is 23.7 Å². The first kappa shape index (κ1) is 14.4. The Balaban J connectivity index is 1.82. The molecule has 1 unspecified atom stereocenters. The Kier molecular flexibility index (Phi) is 5.25. The van der Waals surface area contributed by atoms with E-state index in [2.05, 4.69) is 0 Å². The second-order valence-electron chi connectivity index (χ2n) is 4.25. The van der Waals surface area contributed by atoms with E-state index in [1.807, 2.05) is 24.3 Å². The van der Waals surface area contributed by atoms with Crippen molar-refractivity contribution in [2.75, 3.05) is 5.75 Å². The van der Waals surface area contributed by atoms with Crippen LogP contribution in [0.3, 0.4) is 0 Å². The van der Waals surface area contributed by atoms with E-state index in [0.29, 0.717) is 17.2 Å². The second kappa shape index (κ2) is 6.94. The summed E-state index contributed by atoms with van der Waals surface area (Å²) in [6, 6.07) is 13.7. The molecule has 0 aromatic heterocycles. The van der Waals surface area contributed by atoms with Crippen molar-refractivity contribution in [3.63, 3.8) is 0 Å². The minimum Gasteiger partial charge on any atom is -0.392 e. The lowest BCUT2D eigenvalue weighted by Crippen LogP contribution is -2.13. The average Bonchev–Trinajstić information content (AvgIpc) is 2.41. The maximum absolute atomic E-state index is 12.7. The Morgan fingerprint density at radius 2 is 1.68 bits per heavy atom. The van der Waals surface area contributed by atoms with Gasteiger partial charge in [-0.15, -0.1) is 11.8 Å². The van der Waals surface area contributed by atoms with Crippen LogP contribution in [0.2, 0.25) is 5.02 Å². The smallest absolute Gasteiger partial charge is 0.123 e. The number of hydrogen-bond donors (Lipinski definition) is 1. The van der Waals surface area contributed by atoms with Crippen molar-refractivity contribution in [2.24, 2.45) is 0 Å². The molecule has 0 saturated carbocycles. The molecule has 2 aromatic carbocycles. The molecule has 0 amide bonds. The van der Waals surface area contributed by atoms with Crippen molar-refractivity contribution in [1.82, 2.24) is 0 Å². The zero-order valence-electron chi connectivity index (χ0n) is 10.2. The summed E-state index contributed by atoms with van der Waals surface area (Å²) in [7, 11) is 0. The topological polar surface area (TPSA) is 20.2 Å². The molecule has 0 aliphatic carbocycles. The van der Waals surface area contributed by atoms with Gasteiger partial charge in [-0.25, -0.2) is 4.39 Å². The standard InChI is InChI=1S/C15H14ClFOS/c16-12-3-7-15(8-4-12)19-10-14(18)9-11-1-5-13(17)6-2-11/h1-8,14,18H,9-10H2. The predicted octanol–water partition coefficient (Wildman–Crippen LogP) is 4.17. The Morgan fingerprint density at radius 3 is 2.32 bits per heavy atom. The third-order valence-electron chi connectivity index (χ3n) is 2.64. The highest BCUT2D eigenvalue weighted by atomic mass is 35.5. The van der Waals surface area contributed by atoms with Crippen LogP contribution in [0.15, 0.2) is 53.4 Å². The van der Waals surface area contributed by atoms with E-state index in [0.717, 1.165) is 10.5 Å². The number of hydrogen-bond acceptors (Lipinski definition) is 2. The van der Waals surface area contributed by atoms with Crippen LogP contribution >= 0.6 is 23.4 Å². The summed E-state index contributed by atoms with van der Waals surface area (Å²) in [6.07, 6.45) is 0.0760. The van der Waals surface area contributed by atoms with E-state index in [1.54, 1.807) is 23.9 Å². The van der Waals surface area contributed by atoms with Crippen molar-refractivity contribution >= 4 is 23.4 Å². The summed E-state index contributed by atoms with van der Waals surface area (Å²) in [5.74, 6) is 0.340. The lowest BCUT2D eigenvalue weighted by molar-refractivity contribution is 0.200. The van der Waals surface area contributed by atoms with Crippen molar-refractivity contribution in [3.8, 4) is 0 Å². The van der Waals surface area contributed by atoms with Gasteiger partial charge in [0.15, 0.2) is 0 Å². The highest BCUT2D eigenvalue weighted by Gasteiger charge is 2.07. The van der Waals surface area contributed by atoms with Gasteiger partial charge in [0.25, 0.3) is 0 Å². The van der Waals surface area contributed by atoms with Gasteiger partial charge < -0.3 is 5.11 Å². The molecule has 100 valence electrons. The number of rotatable bonds is 5. The Bertz CT molecular complexity index is 513. The van der Waals surface area contributed by atoms with E-state index >= 15 is 0 Å². The predicted molar refractivity (Wildman–Crippen MR) is 78.3 cm³/mol. The fourth-order valence-electron chi connectivity index (χ4n) is 1.67. The number of thioether (sulfide) groups is 1. The normalized spacial score (nSPS) is 12.4. The lowest BCUT2D eigenvalue weighted by Gasteiger charge is -2.10. The maximum Gasteiger partial charge on any atom is 0.123 e. The first-order chi connectivity index (χ1) is 9.13. The van der Waals surface area contributed by atoms with Crippen LogP contribution in [-0.4, -0.2) is 17.0 Å². The molecule has 19 heavy (non-hydrogen) atoms. The Morgan fingerprint density at radius 1 is 1.05 bits per heavy atom. The number of halogens is 2. The minimum atomic E-state index is -0.453. The summed E-state index contributed by atoms with van der Waals surface area (Å²) < 4.78 is 12.7. The summed E-state index contributed by atoms with van der Waals surface area (Å²) in [5, 5.41) is 10.7. The summed E-state index contributed by atoms with van der Waals surface area (Å²) in [6.45, 7) is 0. The fourth-order valence-corrected chi connectivity index (χ4v) is 2.63. The molecule has 1 atom stereocenters. The van der Waals surface area contributed by atoms with Gasteiger partial charge in [0.05, 0.1) is 6.10 Å². The van der Waals surface area contributed by atoms with Gasteiger partial charge >= 0.3 is 0 Å². The van der Waals surface area contributed by atoms with Gasteiger partial charge in [0.2, 0.25) is 0 Å². The van der Waals surface area contributed by atoms with Crippen LogP contribution in [0, 0.1) is 5.82 Å². The first-order valence-corrected chi connectivity index (χ1v) is 7.31. The molecule has 0 aliphatic heterocycles. The van der Waals surface area contributed by atoms with E-state index in [9.17, 15) is 9.50 Å². The largest absolute Gasteiger partial charge is 0.392 e. The lowest BCUT2D eigenvalue weighted by atomic mass is 10.1. The monoisotopic (exact) mass is 296 g/mol. The van der Waals surface area contributed by atoms with Crippen molar-refractivity contribution in [2.45, 2.75) is 17.4 Å². The van der Waals surface area contributed by atoms with Gasteiger partial charge in [0, 0.05) is 15.7 Å². The fraction of sp³-hybridized carbons (Fsp3) is 0.200. The SMILES string of the molecule is OC(CSc1ccc(Cl)cc1)Cc1ccc(F)cc1. The summed E-state index contributed by atoms with van der Waals surface area (Å²) in [5.41, 5.74) is 0.936. The number of aliphatic hydroxyl groups is 1. The van der Waals surface area contributed by atoms with E-state index in [1.165, 1.54) is 12.1 Å². The highest BCUT2D eigenvalue weighted by Crippen LogP contribution is 2.21. The van der Waals surface area contributed by atoms with Crippen LogP contribution < -0.4 is 0 Å². The molecule has 1 nitrogen and oxygen atoms in total. The maximum atomic E-state index is 12.7. The summed E-state index contributed by atoms with van der Waals surface area (Å²) >= 11 is 7.38. The molecule has 2 aromatic rings. The molecule has 2 rings (SSSR count). The average molecular weight is 297 g/mol. The second-order valence-corrected chi connectivity index (χ2v) is 5.78. The molecule has 0 radical (unpaired) electrons. The molecule has 0 aliphatic rings. The van der Waals surface area contributed by atoms with Crippen LogP contribution in [0.5, 0.6) is 0 Å². The molecule has 0 fully saturated rings. The summed E-state index contributed by atoms with van der Waals surface area (Å²) in [4.78, 5) is 1.07. The Labute approximate surface area is 121 Å². The molecule has 0 spiro atoms. The van der Waals surface area contributed by atoms with E-state index in [-0.39, 0.29) is 5.82 Å². The van der Waals surface area contributed by atoms with Crippen molar-refractivity contribution in [1.29, 1.82) is 0 Å². The number of aliphatic hydroxyl groups excluding tert-OH is 1. The molecule has 4 heteroatoms. The van der Waals surface area contributed by atoms with Gasteiger partial charge in [-0.2, -0.15) is 0 Å². The molecule has 0 saturated heterocycles. The molecule has 1 N–H and O–H groups in total. The quantitative estimate of drug-likeness (QED) is 0.836. The van der Waals surface area contributed by atoms with Crippen molar-refractivity contribution < 1.29 is 9.50 Å². The molecule has 0 heterocycles. The van der Waals surface area contributed by atoms with Crippen molar-refractivity contribution in [3.05, 3.63) is 64.9 Å². The molecular formula is C15H14ClFOS. The number of benzene rings is 2. The van der Waals surface area contributed by atoms with Crippen LogP contribution in [-0.2, 0) is 6.42 Å². The van der Waals surface area contributed by atoms with Crippen LogP contribution in [0.1, 0.15) is 5.56 Å². The third kappa shape index (κ3) is 4.86. The van der Waals surface area contributed by atoms with Gasteiger partial charge in [0.1, 0.15) is 5.82 Å². The Hall–Kier alpha value is -1.03. The molecule has 0 bridgehead atoms. The first-order valence-electron chi connectivity index (χ1n) is 5.94.